The molecule has 0 bridgehead atoms. The quantitative estimate of drug-likeness (QED) is 0.753. The standard InChI is InChI=1S/C17H28O3.CH4/c1-12-6-7-15(19-14(12)3)8-9-17-13(2)11-16(20-17)5-4-10-18;/h14-18H,1-2,4-11H2,3H3;1H4/t14-,15-,16+,17+;/m1./s1. The van der Waals surface area contributed by atoms with Crippen LogP contribution < -0.4 is 0 Å². The second kappa shape index (κ2) is 8.72. The van der Waals surface area contributed by atoms with Crippen molar-refractivity contribution in [1.29, 1.82) is 0 Å². The molecule has 0 aromatic heterocycles. The lowest BCUT2D eigenvalue weighted by Gasteiger charge is -2.30. The van der Waals surface area contributed by atoms with E-state index >= 15 is 0 Å². The Hall–Kier alpha value is -0.640. The van der Waals surface area contributed by atoms with Gasteiger partial charge in [0.25, 0.3) is 0 Å². The van der Waals surface area contributed by atoms with Crippen molar-refractivity contribution in [2.45, 2.75) is 83.7 Å². The summed E-state index contributed by atoms with van der Waals surface area (Å²) in [5.74, 6) is 0. The Labute approximate surface area is 130 Å². The molecule has 0 aliphatic carbocycles. The summed E-state index contributed by atoms with van der Waals surface area (Å²) in [4.78, 5) is 0. The van der Waals surface area contributed by atoms with Gasteiger partial charge in [0.05, 0.1) is 24.4 Å². The molecule has 0 aromatic rings. The third-order valence-corrected chi connectivity index (χ3v) is 4.50. The van der Waals surface area contributed by atoms with Gasteiger partial charge in [0.2, 0.25) is 0 Å². The fraction of sp³-hybridized carbons (Fsp3) is 0.778. The lowest BCUT2D eigenvalue weighted by atomic mass is 9.95. The van der Waals surface area contributed by atoms with E-state index in [1.807, 2.05) is 0 Å². The zero-order valence-corrected chi connectivity index (χ0v) is 12.6. The number of aliphatic hydroxyl groups is 1. The average Bonchev–Trinajstić information content (AvgIpc) is 2.78. The Morgan fingerprint density at radius 2 is 1.86 bits per heavy atom. The minimum Gasteiger partial charge on any atom is -0.396 e. The summed E-state index contributed by atoms with van der Waals surface area (Å²) in [5.41, 5.74) is 2.42. The molecule has 2 aliphatic heterocycles. The number of hydrogen-bond acceptors (Lipinski definition) is 3. The molecule has 0 unspecified atom stereocenters. The molecule has 0 radical (unpaired) electrons. The number of hydrogen-bond donors (Lipinski definition) is 1. The number of aliphatic hydroxyl groups excluding tert-OH is 1. The molecule has 3 nitrogen and oxygen atoms in total. The van der Waals surface area contributed by atoms with Gasteiger partial charge in [0, 0.05) is 6.61 Å². The Morgan fingerprint density at radius 1 is 1.10 bits per heavy atom. The highest BCUT2D eigenvalue weighted by atomic mass is 16.5. The number of ether oxygens (including phenoxy) is 2. The van der Waals surface area contributed by atoms with Crippen LogP contribution in [0.4, 0.5) is 0 Å². The molecule has 1 N–H and O–H groups in total. The predicted molar refractivity (Wildman–Crippen MR) is 87.4 cm³/mol. The van der Waals surface area contributed by atoms with Crippen LogP contribution in [-0.2, 0) is 9.47 Å². The van der Waals surface area contributed by atoms with Crippen molar-refractivity contribution < 1.29 is 14.6 Å². The average molecular weight is 296 g/mol. The zero-order valence-electron chi connectivity index (χ0n) is 12.6. The SMILES string of the molecule is C.C=C1C[C@H](CCCO)O[C@H]1CC[C@H]1CCC(=C)[C@@H](C)O1. The van der Waals surface area contributed by atoms with E-state index < -0.39 is 0 Å². The normalized spacial score (nSPS) is 33.0. The first-order valence-corrected chi connectivity index (χ1v) is 7.87. The Kier molecular flexibility index (Phi) is 7.64. The fourth-order valence-corrected chi connectivity index (χ4v) is 3.11. The maximum absolute atomic E-state index is 8.88. The van der Waals surface area contributed by atoms with E-state index in [1.165, 1.54) is 11.1 Å². The van der Waals surface area contributed by atoms with Crippen molar-refractivity contribution in [2.75, 3.05) is 6.61 Å². The van der Waals surface area contributed by atoms with Crippen molar-refractivity contribution >= 4 is 0 Å². The summed E-state index contributed by atoms with van der Waals surface area (Å²) in [5, 5.41) is 8.88. The first kappa shape index (κ1) is 18.4. The molecule has 2 saturated heterocycles. The molecule has 0 aromatic carbocycles. The largest absolute Gasteiger partial charge is 0.396 e. The van der Waals surface area contributed by atoms with Gasteiger partial charge in [0.1, 0.15) is 0 Å². The molecule has 3 heteroatoms. The minimum atomic E-state index is 0. The van der Waals surface area contributed by atoms with E-state index in [0.29, 0.717) is 6.10 Å². The molecule has 0 amide bonds. The fourth-order valence-electron chi connectivity index (χ4n) is 3.11. The van der Waals surface area contributed by atoms with Gasteiger partial charge in [0.15, 0.2) is 0 Å². The minimum absolute atomic E-state index is 0. The van der Waals surface area contributed by atoms with Gasteiger partial charge in [-0.25, -0.2) is 0 Å². The van der Waals surface area contributed by atoms with Gasteiger partial charge in [-0.2, -0.15) is 0 Å². The molecule has 122 valence electrons. The van der Waals surface area contributed by atoms with Crippen LogP contribution in [0.15, 0.2) is 24.3 Å². The monoisotopic (exact) mass is 296 g/mol. The van der Waals surface area contributed by atoms with E-state index in [-0.39, 0.29) is 32.3 Å². The van der Waals surface area contributed by atoms with Gasteiger partial charge >= 0.3 is 0 Å². The van der Waals surface area contributed by atoms with Crippen molar-refractivity contribution in [1.82, 2.24) is 0 Å². The Bertz CT molecular complexity index is 350. The van der Waals surface area contributed by atoms with Crippen molar-refractivity contribution in [3.05, 3.63) is 24.3 Å². The highest BCUT2D eigenvalue weighted by Crippen LogP contribution is 2.32. The molecule has 2 rings (SSSR count). The van der Waals surface area contributed by atoms with Gasteiger partial charge < -0.3 is 14.6 Å². The van der Waals surface area contributed by atoms with Crippen LogP contribution in [0.1, 0.15) is 59.3 Å². The summed E-state index contributed by atoms with van der Waals surface area (Å²) in [7, 11) is 0. The van der Waals surface area contributed by atoms with Crippen LogP contribution in [0.5, 0.6) is 0 Å². The Balaban J connectivity index is 0.00000220. The van der Waals surface area contributed by atoms with E-state index in [0.717, 1.165) is 44.9 Å². The van der Waals surface area contributed by atoms with Crippen LogP contribution in [0.25, 0.3) is 0 Å². The van der Waals surface area contributed by atoms with E-state index in [9.17, 15) is 0 Å². The van der Waals surface area contributed by atoms with Gasteiger partial charge in [-0.05, 0) is 63.0 Å². The van der Waals surface area contributed by atoms with E-state index in [2.05, 4.69) is 20.1 Å². The third kappa shape index (κ3) is 5.24. The maximum atomic E-state index is 8.88. The van der Waals surface area contributed by atoms with Gasteiger partial charge in [-0.1, -0.05) is 20.6 Å². The molecule has 2 fully saturated rings. The van der Waals surface area contributed by atoms with Crippen LogP contribution in [0.3, 0.4) is 0 Å². The van der Waals surface area contributed by atoms with Crippen LogP contribution in [-0.4, -0.2) is 36.1 Å². The molecule has 21 heavy (non-hydrogen) atoms. The van der Waals surface area contributed by atoms with Crippen molar-refractivity contribution in [2.24, 2.45) is 0 Å². The Morgan fingerprint density at radius 3 is 2.52 bits per heavy atom. The molecular weight excluding hydrogens is 264 g/mol. The molecule has 0 saturated carbocycles. The van der Waals surface area contributed by atoms with E-state index in [4.69, 9.17) is 14.6 Å². The lowest BCUT2D eigenvalue weighted by molar-refractivity contribution is -0.0258. The second-order valence-electron chi connectivity index (χ2n) is 6.15. The summed E-state index contributed by atoms with van der Waals surface area (Å²) >= 11 is 0. The zero-order chi connectivity index (χ0) is 14.5. The predicted octanol–water partition coefficient (Wildman–Crippen LogP) is 4.01. The summed E-state index contributed by atoms with van der Waals surface area (Å²) in [6.45, 7) is 10.5. The highest BCUT2D eigenvalue weighted by molar-refractivity contribution is 5.09. The molecule has 4 atom stereocenters. The van der Waals surface area contributed by atoms with Crippen LogP contribution in [0, 0.1) is 0 Å². The molecule has 0 spiro atoms. The summed E-state index contributed by atoms with van der Waals surface area (Å²) in [6.07, 6.45) is 7.86. The molecule has 2 heterocycles. The highest BCUT2D eigenvalue weighted by Gasteiger charge is 2.30. The second-order valence-corrected chi connectivity index (χ2v) is 6.15. The molecular formula is C18H32O3. The maximum Gasteiger partial charge on any atom is 0.0788 e. The van der Waals surface area contributed by atoms with Gasteiger partial charge in [-0.3, -0.25) is 0 Å². The van der Waals surface area contributed by atoms with E-state index in [1.54, 1.807) is 0 Å². The summed E-state index contributed by atoms with van der Waals surface area (Å²) in [6, 6.07) is 0. The smallest absolute Gasteiger partial charge is 0.0788 e. The number of rotatable bonds is 6. The van der Waals surface area contributed by atoms with Crippen LogP contribution in [0.2, 0.25) is 0 Å². The summed E-state index contributed by atoms with van der Waals surface area (Å²) < 4.78 is 12.0. The van der Waals surface area contributed by atoms with Crippen molar-refractivity contribution in [3.8, 4) is 0 Å². The first-order chi connectivity index (χ1) is 9.60. The van der Waals surface area contributed by atoms with Gasteiger partial charge in [-0.15, -0.1) is 0 Å². The topological polar surface area (TPSA) is 38.7 Å². The lowest BCUT2D eigenvalue weighted by Crippen LogP contribution is -2.28. The van der Waals surface area contributed by atoms with Crippen molar-refractivity contribution in [3.63, 3.8) is 0 Å². The van der Waals surface area contributed by atoms with Crippen LogP contribution >= 0.6 is 0 Å². The third-order valence-electron chi connectivity index (χ3n) is 4.50. The first-order valence-electron chi connectivity index (χ1n) is 7.87. The molecule has 2 aliphatic rings.